The van der Waals surface area contributed by atoms with Crippen molar-refractivity contribution in [2.75, 3.05) is 0 Å². The summed E-state index contributed by atoms with van der Waals surface area (Å²) in [5, 5.41) is 6.40. The molecule has 1 aliphatic carbocycles. The smallest absolute Gasteiger partial charge is 0.407 e. The summed E-state index contributed by atoms with van der Waals surface area (Å²) in [5.74, 6) is 0. The highest BCUT2D eigenvalue weighted by Gasteiger charge is 2.39. The third kappa shape index (κ3) is 3.84. The minimum Gasteiger partial charge on any atom is -0.444 e. The maximum absolute atomic E-state index is 11.7. The van der Waals surface area contributed by atoms with Crippen molar-refractivity contribution in [1.29, 1.82) is 0 Å². The van der Waals surface area contributed by atoms with E-state index in [0.29, 0.717) is 6.04 Å². The standard InChI is InChI=1S/C16H24N4O2S/c1-9-8-20-13(10(2)18-14(20)23-9)7-17-11-6-12(11)19-15(21)22-16(3,4)5/h8,11-12,17H,6-7H2,1-5H3,(H,19,21). The minimum atomic E-state index is -0.459. The third-order valence-electron chi connectivity index (χ3n) is 3.77. The van der Waals surface area contributed by atoms with Crippen LogP contribution in [0.5, 0.6) is 0 Å². The van der Waals surface area contributed by atoms with Gasteiger partial charge in [0.05, 0.1) is 11.4 Å². The Labute approximate surface area is 140 Å². The molecule has 2 N–H and O–H groups in total. The molecule has 0 spiro atoms. The van der Waals surface area contributed by atoms with Crippen LogP contribution in [0.1, 0.15) is 43.5 Å². The van der Waals surface area contributed by atoms with E-state index in [1.54, 1.807) is 11.3 Å². The van der Waals surface area contributed by atoms with Gasteiger partial charge in [-0.2, -0.15) is 0 Å². The van der Waals surface area contributed by atoms with Crippen LogP contribution < -0.4 is 10.6 Å². The first kappa shape index (κ1) is 16.3. The molecule has 23 heavy (non-hydrogen) atoms. The maximum atomic E-state index is 11.7. The number of imidazole rings is 1. The van der Waals surface area contributed by atoms with Gasteiger partial charge >= 0.3 is 6.09 Å². The van der Waals surface area contributed by atoms with Crippen molar-refractivity contribution in [2.24, 2.45) is 0 Å². The van der Waals surface area contributed by atoms with Gasteiger partial charge in [0.15, 0.2) is 4.96 Å². The Bertz CT molecular complexity index is 728. The molecule has 0 saturated heterocycles. The second kappa shape index (κ2) is 5.79. The molecule has 0 radical (unpaired) electrons. The monoisotopic (exact) mass is 336 g/mol. The lowest BCUT2D eigenvalue weighted by Gasteiger charge is -2.19. The highest BCUT2D eigenvalue weighted by Crippen LogP contribution is 2.24. The summed E-state index contributed by atoms with van der Waals surface area (Å²) >= 11 is 1.70. The van der Waals surface area contributed by atoms with Crippen LogP contribution in [0.25, 0.3) is 4.96 Å². The van der Waals surface area contributed by atoms with Gasteiger partial charge in [0.2, 0.25) is 0 Å². The van der Waals surface area contributed by atoms with Gasteiger partial charge in [-0.3, -0.25) is 4.40 Å². The Hall–Kier alpha value is -1.60. The molecular weight excluding hydrogens is 312 g/mol. The number of amides is 1. The highest BCUT2D eigenvalue weighted by molar-refractivity contribution is 7.17. The van der Waals surface area contributed by atoms with Crippen LogP contribution in [0.4, 0.5) is 4.79 Å². The number of ether oxygens (including phenoxy) is 1. The summed E-state index contributed by atoms with van der Waals surface area (Å²) in [5.41, 5.74) is 1.78. The van der Waals surface area contributed by atoms with Crippen molar-refractivity contribution < 1.29 is 9.53 Å². The van der Waals surface area contributed by atoms with E-state index in [9.17, 15) is 4.79 Å². The molecule has 0 aliphatic heterocycles. The molecule has 0 bridgehead atoms. The van der Waals surface area contributed by atoms with Crippen LogP contribution in [0.2, 0.25) is 0 Å². The molecule has 2 unspecified atom stereocenters. The summed E-state index contributed by atoms with van der Waals surface area (Å²) in [6.45, 7) is 10.5. The molecule has 7 heteroatoms. The highest BCUT2D eigenvalue weighted by atomic mass is 32.1. The Morgan fingerprint density at radius 2 is 2.17 bits per heavy atom. The van der Waals surface area contributed by atoms with E-state index in [1.807, 2.05) is 27.7 Å². The van der Waals surface area contributed by atoms with Crippen LogP contribution in [-0.4, -0.2) is 33.2 Å². The fourth-order valence-corrected chi connectivity index (χ4v) is 3.48. The molecule has 2 aromatic rings. The first-order valence-corrected chi connectivity index (χ1v) is 8.71. The number of rotatable bonds is 4. The number of nitrogens with zero attached hydrogens (tertiary/aromatic N) is 2. The zero-order chi connectivity index (χ0) is 16.8. The molecule has 1 amide bonds. The zero-order valence-corrected chi connectivity index (χ0v) is 15.1. The molecule has 1 aliphatic rings. The Balaban J connectivity index is 1.52. The molecule has 2 atom stereocenters. The molecule has 126 valence electrons. The van der Waals surface area contributed by atoms with Crippen LogP contribution in [0, 0.1) is 13.8 Å². The number of hydrogen-bond acceptors (Lipinski definition) is 5. The van der Waals surface area contributed by atoms with Crippen LogP contribution in [0.15, 0.2) is 6.20 Å². The van der Waals surface area contributed by atoms with Crippen molar-refractivity contribution in [2.45, 2.75) is 65.3 Å². The Morgan fingerprint density at radius 3 is 2.87 bits per heavy atom. The summed E-state index contributed by atoms with van der Waals surface area (Å²) in [4.78, 5) is 18.6. The lowest BCUT2D eigenvalue weighted by molar-refractivity contribution is 0.0522. The van der Waals surface area contributed by atoms with Gasteiger partial charge in [-0.05, 0) is 41.0 Å². The van der Waals surface area contributed by atoms with Crippen molar-refractivity contribution in [3.8, 4) is 0 Å². The number of thiazole rings is 1. The van der Waals surface area contributed by atoms with Gasteiger partial charge in [0, 0.05) is 29.7 Å². The molecule has 1 saturated carbocycles. The van der Waals surface area contributed by atoms with Crippen LogP contribution >= 0.6 is 11.3 Å². The second-order valence-electron chi connectivity index (χ2n) is 7.11. The van der Waals surface area contributed by atoms with E-state index in [4.69, 9.17) is 4.74 Å². The van der Waals surface area contributed by atoms with E-state index in [2.05, 4.69) is 33.1 Å². The van der Waals surface area contributed by atoms with Gasteiger partial charge < -0.3 is 15.4 Å². The minimum absolute atomic E-state index is 0.151. The molecule has 6 nitrogen and oxygen atoms in total. The number of carbonyl (C=O) groups is 1. The Kier molecular flexibility index (Phi) is 4.10. The van der Waals surface area contributed by atoms with Gasteiger partial charge in [-0.25, -0.2) is 9.78 Å². The molecule has 3 rings (SSSR count). The zero-order valence-electron chi connectivity index (χ0n) is 14.3. The largest absolute Gasteiger partial charge is 0.444 e. The first-order chi connectivity index (χ1) is 10.7. The van der Waals surface area contributed by atoms with Crippen molar-refractivity contribution in [3.05, 3.63) is 22.5 Å². The van der Waals surface area contributed by atoms with Crippen molar-refractivity contribution >= 4 is 22.4 Å². The topological polar surface area (TPSA) is 67.7 Å². The van der Waals surface area contributed by atoms with Gasteiger partial charge in [-0.1, -0.05) is 0 Å². The van der Waals surface area contributed by atoms with Crippen molar-refractivity contribution in [1.82, 2.24) is 20.0 Å². The second-order valence-corrected chi connectivity index (χ2v) is 8.33. The van der Waals surface area contributed by atoms with Crippen LogP contribution in [0.3, 0.4) is 0 Å². The lowest BCUT2D eigenvalue weighted by atomic mass is 10.2. The number of aromatic nitrogens is 2. The number of hydrogen-bond donors (Lipinski definition) is 2. The maximum Gasteiger partial charge on any atom is 0.407 e. The molecular formula is C16H24N4O2S. The van der Waals surface area contributed by atoms with Gasteiger partial charge in [0.1, 0.15) is 5.60 Å². The van der Waals surface area contributed by atoms with E-state index in [0.717, 1.165) is 23.6 Å². The van der Waals surface area contributed by atoms with E-state index in [1.165, 1.54) is 10.6 Å². The number of fused-ring (bicyclic) bond motifs is 1. The number of alkyl carbamates (subject to hydrolysis) is 1. The average Bonchev–Trinajstić information content (AvgIpc) is 2.91. The fraction of sp³-hybridized carbons (Fsp3) is 0.625. The molecule has 2 heterocycles. The van der Waals surface area contributed by atoms with E-state index < -0.39 is 5.60 Å². The van der Waals surface area contributed by atoms with Crippen molar-refractivity contribution in [3.63, 3.8) is 0 Å². The van der Waals surface area contributed by atoms with Gasteiger partial charge in [-0.15, -0.1) is 11.3 Å². The SMILES string of the molecule is Cc1cn2c(CNC3CC3NC(=O)OC(C)(C)C)c(C)nc2s1. The lowest BCUT2D eigenvalue weighted by Crippen LogP contribution is -2.36. The number of nitrogens with one attached hydrogen (secondary N) is 2. The first-order valence-electron chi connectivity index (χ1n) is 7.90. The summed E-state index contributed by atoms with van der Waals surface area (Å²) < 4.78 is 7.43. The summed E-state index contributed by atoms with van der Waals surface area (Å²) in [6.07, 6.45) is 2.71. The third-order valence-corrected chi connectivity index (χ3v) is 4.66. The predicted octanol–water partition coefficient (Wildman–Crippen LogP) is 2.77. The molecule has 0 aromatic carbocycles. The number of carbonyl (C=O) groups excluding carboxylic acids is 1. The van der Waals surface area contributed by atoms with E-state index >= 15 is 0 Å². The van der Waals surface area contributed by atoms with Crippen LogP contribution in [-0.2, 0) is 11.3 Å². The molecule has 2 aromatic heterocycles. The summed E-state index contributed by atoms with van der Waals surface area (Å²) in [7, 11) is 0. The quantitative estimate of drug-likeness (QED) is 0.901. The van der Waals surface area contributed by atoms with E-state index in [-0.39, 0.29) is 12.1 Å². The molecule has 1 fully saturated rings. The fourth-order valence-electron chi connectivity index (χ4n) is 2.59. The Morgan fingerprint density at radius 1 is 1.43 bits per heavy atom. The number of aryl methyl sites for hydroxylation is 2. The van der Waals surface area contributed by atoms with Gasteiger partial charge in [0.25, 0.3) is 0 Å². The summed E-state index contributed by atoms with van der Waals surface area (Å²) in [6, 6.07) is 0.449. The normalized spacial score (nSPS) is 20.7. The predicted molar refractivity (Wildman–Crippen MR) is 90.9 cm³/mol. The average molecular weight is 336 g/mol.